The van der Waals surface area contributed by atoms with Crippen molar-refractivity contribution in [3.63, 3.8) is 0 Å². The van der Waals surface area contributed by atoms with E-state index in [1.807, 2.05) is 0 Å². The third kappa shape index (κ3) is 10.8. The summed E-state index contributed by atoms with van der Waals surface area (Å²) in [7, 11) is 4.46. The maximum atomic E-state index is 2.41. The summed E-state index contributed by atoms with van der Waals surface area (Å²) in [6.07, 6.45) is 12.7. The van der Waals surface area contributed by atoms with E-state index in [1.54, 1.807) is 0 Å². The van der Waals surface area contributed by atoms with Crippen molar-refractivity contribution in [3.05, 3.63) is 0 Å². The summed E-state index contributed by atoms with van der Waals surface area (Å²) in [5, 5.41) is 0. The molecule has 0 radical (unpaired) electrons. The van der Waals surface area contributed by atoms with Crippen LogP contribution in [-0.2, 0) is 0 Å². The molecule has 0 aromatic carbocycles. The van der Waals surface area contributed by atoms with Gasteiger partial charge in [-0.3, -0.25) is 0 Å². The summed E-state index contributed by atoms with van der Waals surface area (Å²) in [4.78, 5) is 2.41. The predicted molar refractivity (Wildman–Crippen MR) is 79.5 cm³/mol. The number of hydrogen-bond donors (Lipinski definition) is 0. The number of unbranched alkanes of at least 4 members (excludes halogenated alkanes) is 6. The highest BCUT2D eigenvalue weighted by Gasteiger charge is 2.12. The first-order valence-electron chi connectivity index (χ1n) is 7.74. The van der Waals surface area contributed by atoms with Crippen molar-refractivity contribution in [2.24, 2.45) is 5.92 Å². The van der Waals surface area contributed by atoms with E-state index in [4.69, 9.17) is 0 Å². The van der Waals surface area contributed by atoms with Crippen molar-refractivity contribution >= 4 is 0 Å². The molecule has 0 aromatic heterocycles. The fourth-order valence-electron chi connectivity index (χ4n) is 2.47. The van der Waals surface area contributed by atoms with Crippen LogP contribution in [0.3, 0.4) is 0 Å². The lowest BCUT2D eigenvalue weighted by molar-refractivity contribution is 0.236. The van der Waals surface area contributed by atoms with Crippen LogP contribution >= 0.6 is 0 Å². The van der Waals surface area contributed by atoms with E-state index in [0.717, 1.165) is 12.0 Å². The van der Waals surface area contributed by atoms with Gasteiger partial charge in [-0.25, -0.2) is 0 Å². The molecular formula is C16H35N. The highest BCUT2D eigenvalue weighted by molar-refractivity contribution is 4.68. The Labute approximate surface area is 110 Å². The zero-order valence-corrected chi connectivity index (χ0v) is 13.0. The lowest BCUT2D eigenvalue weighted by Gasteiger charge is -2.26. The minimum Gasteiger partial charge on any atom is -0.306 e. The standard InChI is InChI=1S/C16H35N/c1-6-7-8-9-10-11-12-13-16(17(4)5)14-15(2)3/h15-16H,6-14H2,1-5H3. The monoisotopic (exact) mass is 241 g/mol. The fourth-order valence-corrected chi connectivity index (χ4v) is 2.47. The molecule has 0 spiro atoms. The molecular weight excluding hydrogens is 206 g/mol. The molecule has 1 nitrogen and oxygen atoms in total. The smallest absolute Gasteiger partial charge is 0.00916 e. The Bertz CT molecular complexity index is 152. The van der Waals surface area contributed by atoms with Gasteiger partial charge in [0.25, 0.3) is 0 Å². The summed E-state index contributed by atoms with van der Waals surface area (Å²) in [6.45, 7) is 6.95. The second-order valence-electron chi connectivity index (χ2n) is 6.16. The van der Waals surface area contributed by atoms with Crippen molar-refractivity contribution in [2.75, 3.05) is 14.1 Å². The van der Waals surface area contributed by atoms with E-state index in [2.05, 4.69) is 39.8 Å². The van der Waals surface area contributed by atoms with Crippen molar-refractivity contribution < 1.29 is 0 Å². The van der Waals surface area contributed by atoms with Crippen molar-refractivity contribution in [2.45, 2.75) is 84.6 Å². The highest BCUT2D eigenvalue weighted by Crippen LogP contribution is 2.16. The van der Waals surface area contributed by atoms with Crippen molar-refractivity contribution in [3.8, 4) is 0 Å². The van der Waals surface area contributed by atoms with Crippen LogP contribution in [0.2, 0.25) is 0 Å². The molecule has 1 unspecified atom stereocenters. The Morgan fingerprint density at radius 1 is 0.824 bits per heavy atom. The Hall–Kier alpha value is -0.0400. The van der Waals surface area contributed by atoms with Crippen molar-refractivity contribution in [1.29, 1.82) is 0 Å². The van der Waals surface area contributed by atoms with Gasteiger partial charge in [0, 0.05) is 6.04 Å². The molecule has 0 aromatic rings. The third-order valence-electron chi connectivity index (χ3n) is 3.61. The van der Waals surface area contributed by atoms with E-state index < -0.39 is 0 Å². The summed E-state index contributed by atoms with van der Waals surface area (Å²) >= 11 is 0. The largest absolute Gasteiger partial charge is 0.306 e. The first-order chi connectivity index (χ1) is 8.07. The lowest BCUT2D eigenvalue weighted by Crippen LogP contribution is -2.29. The molecule has 0 aliphatic heterocycles. The van der Waals surface area contributed by atoms with Crippen LogP contribution in [0.25, 0.3) is 0 Å². The Balaban J connectivity index is 3.48. The molecule has 0 heterocycles. The van der Waals surface area contributed by atoms with E-state index in [1.165, 1.54) is 57.8 Å². The van der Waals surface area contributed by atoms with Gasteiger partial charge in [-0.1, -0.05) is 65.7 Å². The maximum Gasteiger partial charge on any atom is 0.00916 e. The molecule has 104 valence electrons. The second-order valence-corrected chi connectivity index (χ2v) is 6.16. The van der Waals surface area contributed by atoms with Gasteiger partial charge in [-0.2, -0.15) is 0 Å². The molecule has 0 amide bonds. The Morgan fingerprint density at radius 3 is 1.82 bits per heavy atom. The number of hydrogen-bond acceptors (Lipinski definition) is 1. The predicted octanol–water partition coefficient (Wildman–Crippen LogP) is 5.10. The van der Waals surface area contributed by atoms with Gasteiger partial charge in [-0.05, 0) is 32.9 Å². The Morgan fingerprint density at radius 2 is 1.35 bits per heavy atom. The summed E-state index contributed by atoms with van der Waals surface area (Å²) in [5.41, 5.74) is 0. The molecule has 0 aliphatic rings. The molecule has 17 heavy (non-hydrogen) atoms. The SMILES string of the molecule is CCCCCCCCCC(CC(C)C)N(C)C. The van der Waals surface area contributed by atoms with Crippen LogP contribution in [0.4, 0.5) is 0 Å². The topological polar surface area (TPSA) is 3.24 Å². The second kappa shape index (κ2) is 11.1. The van der Waals surface area contributed by atoms with Gasteiger partial charge < -0.3 is 4.90 Å². The van der Waals surface area contributed by atoms with Crippen LogP contribution in [0.1, 0.15) is 78.6 Å². The summed E-state index contributed by atoms with van der Waals surface area (Å²) in [5.74, 6) is 0.826. The molecule has 0 bridgehead atoms. The molecule has 1 atom stereocenters. The van der Waals surface area contributed by atoms with Crippen LogP contribution in [0.5, 0.6) is 0 Å². The van der Waals surface area contributed by atoms with Gasteiger partial charge in [0.05, 0.1) is 0 Å². The van der Waals surface area contributed by atoms with Crippen LogP contribution in [-0.4, -0.2) is 25.0 Å². The summed E-state index contributed by atoms with van der Waals surface area (Å²) in [6, 6.07) is 0.797. The maximum absolute atomic E-state index is 2.41. The van der Waals surface area contributed by atoms with Gasteiger partial charge in [0.2, 0.25) is 0 Å². The highest BCUT2D eigenvalue weighted by atomic mass is 15.1. The minimum atomic E-state index is 0.797. The Kier molecular flexibility index (Phi) is 11.0. The minimum absolute atomic E-state index is 0.797. The molecule has 0 rings (SSSR count). The summed E-state index contributed by atoms with van der Waals surface area (Å²) < 4.78 is 0. The van der Waals surface area contributed by atoms with Crippen LogP contribution in [0, 0.1) is 5.92 Å². The molecule has 0 aliphatic carbocycles. The van der Waals surface area contributed by atoms with E-state index in [0.29, 0.717) is 0 Å². The lowest BCUT2D eigenvalue weighted by atomic mass is 9.97. The van der Waals surface area contributed by atoms with Gasteiger partial charge in [0.1, 0.15) is 0 Å². The number of rotatable bonds is 11. The molecule has 0 saturated heterocycles. The number of nitrogens with zero attached hydrogens (tertiary/aromatic N) is 1. The van der Waals surface area contributed by atoms with Gasteiger partial charge in [-0.15, -0.1) is 0 Å². The molecule has 0 fully saturated rings. The average molecular weight is 241 g/mol. The normalized spacial score (nSPS) is 13.6. The van der Waals surface area contributed by atoms with Gasteiger partial charge >= 0.3 is 0 Å². The van der Waals surface area contributed by atoms with Gasteiger partial charge in [0.15, 0.2) is 0 Å². The van der Waals surface area contributed by atoms with Crippen molar-refractivity contribution in [1.82, 2.24) is 4.90 Å². The van der Waals surface area contributed by atoms with Crippen LogP contribution < -0.4 is 0 Å². The third-order valence-corrected chi connectivity index (χ3v) is 3.61. The van der Waals surface area contributed by atoms with Crippen LogP contribution in [0.15, 0.2) is 0 Å². The zero-order valence-electron chi connectivity index (χ0n) is 13.0. The first-order valence-corrected chi connectivity index (χ1v) is 7.74. The zero-order chi connectivity index (χ0) is 13.1. The molecule has 0 saturated carbocycles. The van der Waals surface area contributed by atoms with E-state index in [-0.39, 0.29) is 0 Å². The average Bonchev–Trinajstić information content (AvgIpc) is 2.25. The first kappa shape index (κ1) is 17.0. The fraction of sp³-hybridized carbons (Fsp3) is 1.00. The quantitative estimate of drug-likeness (QED) is 0.455. The van der Waals surface area contributed by atoms with E-state index in [9.17, 15) is 0 Å². The molecule has 0 N–H and O–H groups in total. The molecule has 1 heteroatoms. The van der Waals surface area contributed by atoms with E-state index >= 15 is 0 Å².